The number of anilines is 1. The van der Waals surface area contributed by atoms with Crippen LogP contribution in [0.3, 0.4) is 0 Å². The molecule has 2 aromatic rings. The highest BCUT2D eigenvalue weighted by Gasteiger charge is 2.19. The van der Waals surface area contributed by atoms with Gasteiger partial charge in [-0.2, -0.15) is 0 Å². The van der Waals surface area contributed by atoms with E-state index in [4.69, 9.17) is 11.6 Å². The lowest BCUT2D eigenvalue weighted by atomic mass is 10.2. The van der Waals surface area contributed by atoms with E-state index in [2.05, 4.69) is 5.32 Å². The Balaban J connectivity index is 2.00. The number of amides is 1. The number of nitrogens with zero attached hydrogens (tertiary/aromatic N) is 1. The molecule has 0 fully saturated rings. The Morgan fingerprint density at radius 2 is 1.88 bits per heavy atom. The molecule has 0 saturated heterocycles. The molecule has 0 saturated carbocycles. The van der Waals surface area contributed by atoms with Gasteiger partial charge >= 0.3 is 0 Å². The Labute approximate surface area is 163 Å². The molecule has 0 aliphatic heterocycles. The maximum absolute atomic E-state index is 12.4. The van der Waals surface area contributed by atoms with Crippen LogP contribution in [0.15, 0.2) is 53.4 Å². The number of hydrogen-bond acceptors (Lipinski definition) is 4. The van der Waals surface area contributed by atoms with Gasteiger partial charge in [-0.05, 0) is 42.8 Å². The summed E-state index contributed by atoms with van der Waals surface area (Å²) in [6.45, 7) is 1.81. The Morgan fingerprint density at radius 1 is 1.19 bits per heavy atom. The Bertz CT molecular complexity index is 886. The summed E-state index contributed by atoms with van der Waals surface area (Å²) in [5.74, 6) is 0.473. The van der Waals surface area contributed by atoms with E-state index in [1.165, 1.54) is 38.0 Å². The van der Waals surface area contributed by atoms with Gasteiger partial charge in [0.15, 0.2) is 0 Å². The second-order valence-corrected chi connectivity index (χ2v) is 9.81. The van der Waals surface area contributed by atoms with Gasteiger partial charge in [0.2, 0.25) is 15.9 Å². The molecule has 0 aromatic heterocycles. The zero-order valence-corrected chi connectivity index (χ0v) is 17.2. The van der Waals surface area contributed by atoms with Crippen LogP contribution in [-0.4, -0.2) is 38.0 Å². The van der Waals surface area contributed by atoms with Crippen molar-refractivity contribution in [2.75, 3.05) is 19.4 Å². The van der Waals surface area contributed by atoms with Crippen LogP contribution in [0.4, 0.5) is 5.69 Å². The van der Waals surface area contributed by atoms with E-state index in [1.807, 2.05) is 25.1 Å². The first-order valence-electron chi connectivity index (χ1n) is 7.89. The van der Waals surface area contributed by atoms with E-state index in [0.29, 0.717) is 16.5 Å². The molecule has 0 aliphatic rings. The lowest BCUT2D eigenvalue weighted by Gasteiger charge is -2.14. The molecule has 2 aromatic carbocycles. The summed E-state index contributed by atoms with van der Waals surface area (Å²) in [6.07, 6.45) is 0. The van der Waals surface area contributed by atoms with Crippen LogP contribution in [0.1, 0.15) is 12.5 Å². The first kappa shape index (κ1) is 20.8. The molecule has 0 aliphatic carbocycles. The minimum atomic E-state index is -3.54. The molecule has 1 N–H and O–H groups in total. The van der Waals surface area contributed by atoms with Crippen molar-refractivity contribution in [3.8, 4) is 0 Å². The highest BCUT2D eigenvalue weighted by atomic mass is 35.5. The third-order valence-corrected chi connectivity index (χ3v) is 6.90. The third kappa shape index (κ3) is 5.48. The molecule has 8 heteroatoms. The van der Waals surface area contributed by atoms with Gasteiger partial charge in [0.1, 0.15) is 0 Å². The van der Waals surface area contributed by atoms with Crippen LogP contribution in [0.2, 0.25) is 5.02 Å². The lowest BCUT2D eigenvalue weighted by molar-refractivity contribution is -0.115. The second kappa shape index (κ2) is 8.90. The van der Waals surface area contributed by atoms with Crippen molar-refractivity contribution >= 4 is 45.0 Å². The molecular formula is C18H21ClN2O3S2. The van der Waals surface area contributed by atoms with Crippen molar-refractivity contribution in [2.24, 2.45) is 0 Å². The van der Waals surface area contributed by atoms with E-state index >= 15 is 0 Å². The molecule has 2 rings (SSSR count). The van der Waals surface area contributed by atoms with Gasteiger partial charge in [-0.3, -0.25) is 4.79 Å². The summed E-state index contributed by atoms with van der Waals surface area (Å²) in [6, 6.07) is 13.7. The Hall–Kier alpha value is -1.54. The van der Waals surface area contributed by atoms with Crippen LogP contribution < -0.4 is 5.32 Å². The third-order valence-electron chi connectivity index (χ3n) is 3.64. The van der Waals surface area contributed by atoms with Gasteiger partial charge in [0.25, 0.3) is 0 Å². The van der Waals surface area contributed by atoms with E-state index in [9.17, 15) is 13.2 Å². The van der Waals surface area contributed by atoms with E-state index in [0.717, 1.165) is 9.87 Å². The molecule has 1 amide bonds. The normalized spacial score (nSPS) is 12.8. The van der Waals surface area contributed by atoms with E-state index in [-0.39, 0.29) is 16.1 Å². The molecule has 140 valence electrons. The van der Waals surface area contributed by atoms with Gasteiger partial charge in [-0.1, -0.05) is 29.8 Å². The van der Waals surface area contributed by atoms with Gasteiger partial charge < -0.3 is 5.32 Å². The fraction of sp³-hybridized carbons (Fsp3) is 0.278. The number of thioether (sulfide) groups is 1. The highest BCUT2D eigenvalue weighted by molar-refractivity contribution is 7.99. The predicted molar refractivity (Wildman–Crippen MR) is 108 cm³/mol. The minimum absolute atomic E-state index is 0.138. The average Bonchev–Trinajstić information content (AvgIpc) is 2.59. The number of hydrogen-bond donors (Lipinski definition) is 1. The summed E-state index contributed by atoms with van der Waals surface area (Å²) in [5.41, 5.74) is 1.49. The number of sulfonamides is 1. The number of nitrogens with one attached hydrogen (secondary N) is 1. The molecule has 0 radical (unpaired) electrons. The largest absolute Gasteiger partial charge is 0.325 e. The predicted octanol–water partition coefficient (Wildman–Crippen LogP) is 3.85. The maximum Gasteiger partial charge on any atom is 0.242 e. The Kier molecular flexibility index (Phi) is 7.11. The van der Waals surface area contributed by atoms with Crippen LogP contribution in [0, 0.1) is 0 Å². The van der Waals surface area contributed by atoms with Gasteiger partial charge in [-0.15, -0.1) is 11.8 Å². The molecular weight excluding hydrogens is 392 g/mol. The van der Waals surface area contributed by atoms with Crippen molar-refractivity contribution < 1.29 is 13.2 Å². The highest BCUT2D eigenvalue weighted by Crippen LogP contribution is 2.22. The van der Waals surface area contributed by atoms with Crippen molar-refractivity contribution in [1.82, 2.24) is 4.31 Å². The number of halogens is 1. The molecule has 1 atom stereocenters. The molecule has 0 bridgehead atoms. The van der Waals surface area contributed by atoms with Gasteiger partial charge in [0, 0.05) is 30.6 Å². The average molecular weight is 413 g/mol. The Morgan fingerprint density at radius 3 is 2.54 bits per heavy atom. The zero-order valence-electron chi connectivity index (χ0n) is 14.8. The van der Waals surface area contributed by atoms with Crippen LogP contribution in [0.25, 0.3) is 0 Å². The molecule has 0 spiro atoms. The number of carbonyl (C=O) groups is 1. The second-order valence-electron chi connectivity index (χ2n) is 5.89. The maximum atomic E-state index is 12.4. The molecule has 0 heterocycles. The first-order valence-corrected chi connectivity index (χ1v) is 10.8. The van der Waals surface area contributed by atoms with Crippen LogP contribution in [0.5, 0.6) is 0 Å². The molecule has 5 nitrogen and oxygen atoms in total. The fourth-order valence-corrected chi connectivity index (χ4v) is 4.11. The van der Waals surface area contributed by atoms with Crippen molar-refractivity contribution in [3.05, 3.63) is 59.1 Å². The topological polar surface area (TPSA) is 66.5 Å². The number of benzene rings is 2. The summed E-state index contributed by atoms with van der Waals surface area (Å²) in [7, 11) is -0.607. The van der Waals surface area contributed by atoms with Crippen molar-refractivity contribution in [2.45, 2.75) is 22.8 Å². The number of carbonyl (C=O) groups excluding carboxylic acids is 1. The monoisotopic (exact) mass is 412 g/mol. The smallest absolute Gasteiger partial charge is 0.242 e. The van der Waals surface area contributed by atoms with Crippen molar-refractivity contribution in [3.63, 3.8) is 0 Å². The SMILES string of the molecule is C[C@@H](SCc1cccc(Cl)c1)C(=O)Nc1cccc(S(=O)(=O)N(C)C)c1. The summed E-state index contributed by atoms with van der Waals surface area (Å²) in [4.78, 5) is 12.5. The van der Waals surface area contributed by atoms with Crippen LogP contribution in [-0.2, 0) is 20.6 Å². The van der Waals surface area contributed by atoms with Crippen molar-refractivity contribution in [1.29, 1.82) is 0 Å². The summed E-state index contributed by atoms with van der Waals surface area (Å²) >= 11 is 7.45. The summed E-state index contributed by atoms with van der Waals surface area (Å²) < 4.78 is 25.5. The van der Waals surface area contributed by atoms with E-state index < -0.39 is 10.0 Å². The van der Waals surface area contributed by atoms with Crippen LogP contribution >= 0.6 is 23.4 Å². The quantitative estimate of drug-likeness (QED) is 0.750. The van der Waals surface area contributed by atoms with E-state index in [1.54, 1.807) is 18.2 Å². The fourth-order valence-electron chi connectivity index (χ4n) is 2.11. The summed E-state index contributed by atoms with van der Waals surface area (Å²) in [5, 5.41) is 3.14. The minimum Gasteiger partial charge on any atom is -0.325 e. The first-order chi connectivity index (χ1) is 12.2. The molecule has 0 unspecified atom stereocenters. The number of rotatable bonds is 7. The molecule has 26 heavy (non-hydrogen) atoms. The van der Waals surface area contributed by atoms with Gasteiger partial charge in [0.05, 0.1) is 10.1 Å². The lowest BCUT2D eigenvalue weighted by Crippen LogP contribution is -2.24. The van der Waals surface area contributed by atoms with Gasteiger partial charge in [-0.25, -0.2) is 12.7 Å². The standard InChI is InChI=1S/C18H21ClN2O3S2/c1-13(25-12-14-6-4-7-15(19)10-14)18(22)20-16-8-5-9-17(11-16)26(23,24)21(2)3/h4-11,13H,12H2,1-3H3,(H,20,22)/t13-/m1/s1. The zero-order chi connectivity index (χ0) is 19.3.